The summed E-state index contributed by atoms with van der Waals surface area (Å²) in [6, 6.07) is 14.8. The van der Waals surface area contributed by atoms with Crippen LogP contribution >= 0.6 is 12.4 Å². The predicted molar refractivity (Wildman–Crippen MR) is 108 cm³/mol. The van der Waals surface area contributed by atoms with Gasteiger partial charge in [0.1, 0.15) is 24.1 Å². The zero-order valence-electron chi connectivity index (χ0n) is 15.2. The van der Waals surface area contributed by atoms with Gasteiger partial charge >= 0.3 is 0 Å². The van der Waals surface area contributed by atoms with Gasteiger partial charge in [0.15, 0.2) is 11.6 Å². The zero-order valence-corrected chi connectivity index (χ0v) is 16.0. The molecule has 0 saturated heterocycles. The molecule has 0 amide bonds. The summed E-state index contributed by atoms with van der Waals surface area (Å²) in [5.74, 6) is -0.450. The maximum absolute atomic E-state index is 13.8. The monoisotopic (exact) mass is 403 g/mol. The zero-order chi connectivity index (χ0) is 19.2. The Morgan fingerprint density at radius 2 is 1.75 bits per heavy atom. The van der Waals surface area contributed by atoms with Crippen molar-refractivity contribution in [3.8, 4) is 5.75 Å². The number of pyridine rings is 1. The molecule has 0 atom stereocenters. The van der Waals surface area contributed by atoms with E-state index in [0.29, 0.717) is 18.0 Å². The molecule has 0 saturated carbocycles. The number of ether oxygens (including phenoxy) is 1. The minimum atomic E-state index is -0.666. The van der Waals surface area contributed by atoms with Gasteiger partial charge in [-0.2, -0.15) is 0 Å². The lowest BCUT2D eigenvalue weighted by Gasteiger charge is -2.14. The fourth-order valence-electron chi connectivity index (χ4n) is 2.61. The number of aryl methyl sites for hydroxylation is 1. The topological polar surface area (TPSA) is 58.0 Å². The van der Waals surface area contributed by atoms with Gasteiger partial charge in [-0.05, 0) is 42.3 Å². The second kappa shape index (κ2) is 9.80. The number of anilines is 1. The Labute approximate surface area is 168 Å². The maximum Gasteiger partial charge on any atom is 0.174 e. The van der Waals surface area contributed by atoms with Crippen molar-refractivity contribution in [2.45, 2.75) is 20.0 Å². The van der Waals surface area contributed by atoms with Crippen LogP contribution in [0, 0.1) is 24.0 Å². The number of amidine groups is 1. The van der Waals surface area contributed by atoms with E-state index in [0.717, 1.165) is 11.1 Å². The molecule has 146 valence electrons. The fraction of sp³-hybridized carbons (Fsp3) is 0.143. The van der Waals surface area contributed by atoms with Gasteiger partial charge < -0.3 is 10.1 Å². The van der Waals surface area contributed by atoms with Crippen LogP contribution < -0.4 is 10.1 Å². The van der Waals surface area contributed by atoms with Crippen molar-refractivity contribution in [2.24, 2.45) is 0 Å². The van der Waals surface area contributed by atoms with Crippen LogP contribution in [0.1, 0.15) is 16.7 Å². The fourth-order valence-corrected chi connectivity index (χ4v) is 2.61. The van der Waals surface area contributed by atoms with Gasteiger partial charge in [-0.1, -0.05) is 30.3 Å². The standard InChI is InChI=1S/C21H19F2N3O.ClH/c1-14-6-2-3-7-15(14)12-20(24)26-21-19(10-5-11-25-21)27-13-16-17(22)8-4-9-18(16)23;/h2-11H,12-13H2,1H3,(H2,24,25,26);1H. The third kappa shape index (κ3) is 5.27. The average molecular weight is 404 g/mol. The van der Waals surface area contributed by atoms with E-state index >= 15 is 0 Å². The lowest BCUT2D eigenvalue weighted by Crippen LogP contribution is -2.16. The molecular weight excluding hydrogens is 384 g/mol. The predicted octanol–water partition coefficient (Wildman–Crippen LogP) is 5.30. The molecular formula is C21H20ClF2N3O. The van der Waals surface area contributed by atoms with Gasteiger partial charge in [0, 0.05) is 12.6 Å². The van der Waals surface area contributed by atoms with E-state index in [1.165, 1.54) is 18.2 Å². The third-order valence-electron chi connectivity index (χ3n) is 4.10. The molecule has 0 aliphatic heterocycles. The molecule has 2 N–H and O–H groups in total. The van der Waals surface area contributed by atoms with E-state index in [1.807, 2.05) is 31.2 Å². The molecule has 0 spiro atoms. The van der Waals surface area contributed by atoms with Crippen molar-refractivity contribution < 1.29 is 13.5 Å². The highest BCUT2D eigenvalue weighted by Crippen LogP contribution is 2.24. The van der Waals surface area contributed by atoms with Crippen molar-refractivity contribution in [1.29, 1.82) is 5.41 Å². The maximum atomic E-state index is 13.8. The molecule has 4 nitrogen and oxygen atoms in total. The third-order valence-corrected chi connectivity index (χ3v) is 4.10. The van der Waals surface area contributed by atoms with E-state index in [1.54, 1.807) is 18.3 Å². The summed E-state index contributed by atoms with van der Waals surface area (Å²) in [6.07, 6.45) is 1.96. The first-order valence-electron chi connectivity index (χ1n) is 8.44. The summed E-state index contributed by atoms with van der Waals surface area (Å²) in [5.41, 5.74) is 1.97. The molecule has 0 unspecified atom stereocenters. The second-order valence-electron chi connectivity index (χ2n) is 6.05. The lowest BCUT2D eigenvalue weighted by atomic mass is 10.1. The number of nitrogens with one attached hydrogen (secondary N) is 2. The van der Waals surface area contributed by atoms with Crippen molar-refractivity contribution in [3.05, 3.63) is 89.1 Å². The molecule has 2 aromatic carbocycles. The highest BCUT2D eigenvalue weighted by Gasteiger charge is 2.12. The molecule has 0 aliphatic carbocycles. The Hall–Kier alpha value is -2.99. The Bertz CT molecular complexity index is 946. The molecule has 1 aromatic heterocycles. The highest BCUT2D eigenvalue weighted by molar-refractivity contribution is 5.94. The van der Waals surface area contributed by atoms with Crippen molar-refractivity contribution in [1.82, 2.24) is 4.98 Å². The van der Waals surface area contributed by atoms with Crippen molar-refractivity contribution in [2.75, 3.05) is 5.32 Å². The van der Waals surface area contributed by atoms with E-state index in [-0.39, 0.29) is 30.4 Å². The lowest BCUT2D eigenvalue weighted by molar-refractivity contribution is 0.293. The molecule has 3 rings (SSSR count). The molecule has 0 bridgehead atoms. The number of hydrogen-bond acceptors (Lipinski definition) is 3. The number of halogens is 3. The van der Waals surface area contributed by atoms with Crippen LogP contribution in [0.15, 0.2) is 60.8 Å². The smallest absolute Gasteiger partial charge is 0.174 e. The van der Waals surface area contributed by atoms with E-state index in [4.69, 9.17) is 10.1 Å². The van der Waals surface area contributed by atoms with Gasteiger partial charge in [-0.15, -0.1) is 12.4 Å². The van der Waals surface area contributed by atoms with E-state index in [2.05, 4.69) is 10.3 Å². The first kappa shape index (κ1) is 21.3. The summed E-state index contributed by atoms with van der Waals surface area (Å²) in [6.45, 7) is 1.71. The average Bonchev–Trinajstić information content (AvgIpc) is 2.64. The largest absolute Gasteiger partial charge is 0.485 e. The summed E-state index contributed by atoms with van der Waals surface area (Å²) < 4.78 is 33.1. The number of nitrogens with zero attached hydrogens (tertiary/aromatic N) is 1. The Balaban J connectivity index is 0.00000280. The minimum Gasteiger partial charge on any atom is -0.485 e. The molecule has 3 aromatic rings. The second-order valence-corrected chi connectivity index (χ2v) is 6.05. The van der Waals surface area contributed by atoms with Gasteiger partial charge in [-0.3, -0.25) is 5.41 Å². The van der Waals surface area contributed by atoms with Gasteiger partial charge in [0.2, 0.25) is 0 Å². The molecule has 0 aliphatic rings. The van der Waals surface area contributed by atoms with Crippen molar-refractivity contribution in [3.63, 3.8) is 0 Å². The normalized spacial score (nSPS) is 10.1. The Morgan fingerprint density at radius 3 is 2.46 bits per heavy atom. The summed E-state index contributed by atoms with van der Waals surface area (Å²) >= 11 is 0. The minimum absolute atomic E-state index is 0. The van der Waals surface area contributed by atoms with Gasteiger partial charge in [-0.25, -0.2) is 13.8 Å². The SMILES string of the molecule is Cc1ccccc1CC(=N)Nc1ncccc1OCc1c(F)cccc1F.Cl. The Morgan fingerprint density at radius 1 is 1.04 bits per heavy atom. The van der Waals surface area contributed by atoms with Crippen LogP contribution in [0.5, 0.6) is 5.75 Å². The highest BCUT2D eigenvalue weighted by atomic mass is 35.5. The molecule has 0 radical (unpaired) electrons. The molecule has 1 heterocycles. The van der Waals surface area contributed by atoms with Crippen LogP contribution in [0.4, 0.5) is 14.6 Å². The van der Waals surface area contributed by atoms with Crippen LogP contribution in [0.2, 0.25) is 0 Å². The van der Waals surface area contributed by atoms with E-state index in [9.17, 15) is 8.78 Å². The van der Waals surface area contributed by atoms with Crippen LogP contribution in [-0.2, 0) is 13.0 Å². The quantitative estimate of drug-likeness (QED) is 0.433. The molecule has 7 heteroatoms. The molecule has 28 heavy (non-hydrogen) atoms. The van der Waals surface area contributed by atoms with Gasteiger partial charge in [0.05, 0.1) is 5.56 Å². The first-order chi connectivity index (χ1) is 13.0. The number of aromatic nitrogens is 1. The number of hydrogen-bond donors (Lipinski definition) is 2. The summed E-state index contributed by atoms with van der Waals surface area (Å²) in [5, 5.41) is 11.1. The van der Waals surface area contributed by atoms with Crippen LogP contribution in [0.3, 0.4) is 0 Å². The summed E-state index contributed by atoms with van der Waals surface area (Å²) in [4.78, 5) is 4.18. The summed E-state index contributed by atoms with van der Waals surface area (Å²) in [7, 11) is 0. The Kier molecular flexibility index (Phi) is 7.46. The van der Waals surface area contributed by atoms with Crippen molar-refractivity contribution >= 4 is 24.1 Å². The molecule has 0 fully saturated rings. The first-order valence-corrected chi connectivity index (χ1v) is 8.44. The van der Waals surface area contributed by atoms with Gasteiger partial charge in [0.25, 0.3) is 0 Å². The number of benzene rings is 2. The van der Waals surface area contributed by atoms with Crippen LogP contribution in [0.25, 0.3) is 0 Å². The van der Waals surface area contributed by atoms with E-state index < -0.39 is 11.6 Å². The number of rotatable bonds is 6. The van der Waals surface area contributed by atoms with Crippen LogP contribution in [-0.4, -0.2) is 10.8 Å².